The van der Waals surface area contributed by atoms with Crippen LogP contribution in [-0.2, 0) is 14.9 Å². The zero-order chi connectivity index (χ0) is 21.9. The van der Waals surface area contributed by atoms with E-state index in [1.165, 1.54) is 11.8 Å². The molecule has 0 radical (unpaired) electrons. The summed E-state index contributed by atoms with van der Waals surface area (Å²) in [5, 5.41) is 0.356. The van der Waals surface area contributed by atoms with E-state index in [1.54, 1.807) is 32.0 Å². The van der Waals surface area contributed by atoms with Crippen molar-refractivity contribution in [2.24, 2.45) is 0 Å². The summed E-state index contributed by atoms with van der Waals surface area (Å²) in [6.45, 7) is 10.00. The van der Waals surface area contributed by atoms with Crippen LogP contribution in [0.4, 0.5) is 0 Å². The SMILES string of the molecule is CCOC(=O)[C@H](C)Oc1ccc2c(=O)c(Oc3ccc(C(C)(C)C)cc3)coc2c1. The normalized spacial score (nSPS) is 12.4. The molecule has 0 aliphatic rings. The highest BCUT2D eigenvalue weighted by Gasteiger charge is 2.17. The van der Waals surface area contributed by atoms with Crippen LogP contribution in [0.5, 0.6) is 17.2 Å². The molecule has 1 heterocycles. The van der Waals surface area contributed by atoms with Crippen LogP contribution in [0.3, 0.4) is 0 Å². The maximum atomic E-state index is 12.8. The van der Waals surface area contributed by atoms with E-state index in [0.29, 0.717) is 22.5 Å². The Kier molecular flexibility index (Phi) is 6.15. The van der Waals surface area contributed by atoms with Gasteiger partial charge in [0, 0.05) is 6.07 Å². The Balaban J connectivity index is 1.81. The molecule has 0 amide bonds. The third-order valence-electron chi connectivity index (χ3n) is 4.59. The van der Waals surface area contributed by atoms with Gasteiger partial charge in [-0.1, -0.05) is 32.9 Å². The third kappa shape index (κ3) is 4.82. The standard InChI is InChI=1S/C24H26O6/c1-6-27-23(26)15(2)29-18-11-12-19-20(13-18)28-14-21(22(19)25)30-17-9-7-16(8-10-17)24(3,4)5/h7-15H,6H2,1-5H3/t15-/m0/s1. The third-order valence-corrected chi connectivity index (χ3v) is 4.59. The van der Waals surface area contributed by atoms with Crippen molar-refractivity contribution in [1.29, 1.82) is 0 Å². The predicted octanol–water partition coefficient (Wildman–Crippen LogP) is 5.21. The number of hydrogen-bond donors (Lipinski definition) is 0. The molecule has 3 rings (SSSR count). The van der Waals surface area contributed by atoms with Gasteiger partial charge in [0.25, 0.3) is 0 Å². The van der Waals surface area contributed by atoms with E-state index in [9.17, 15) is 9.59 Å². The Hall–Kier alpha value is -3.28. The predicted molar refractivity (Wildman–Crippen MR) is 114 cm³/mol. The lowest BCUT2D eigenvalue weighted by Gasteiger charge is -2.19. The van der Waals surface area contributed by atoms with Crippen LogP contribution in [-0.4, -0.2) is 18.7 Å². The van der Waals surface area contributed by atoms with Crippen LogP contribution in [0.15, 0.2) is 57.9 Å². The fraction of sp³-hybridized carbons (Fsp3) is 0.333. The largest absolute Gasteiger partial charge is 0.479 e. The van der Waals surface area contributed by atoms with Crippen LogP contribution in [0, 0.1) is 0 Å². The highest BCUT2D eigenvalue weighted by molar-refractivity contribution is 5.79. The molecule has 2 aromatic carbocycles. The molecule has 0 fully saturated rings. The molecule has 1 aromatic heterocycles. The number of esters is 1. The van der Waals surface area contributed by atoms with Gasteiger partial charge in [-0.05, 0) is 49.1 Å². The molecule has 0 aliphatic carbocycles. The summed E-state index contributed by atoms with van der Waals surface area (Å²) < 4.78 is 21.8. The lowest BCUT2D eigenvalue weighted by molar-refractivity contribution is -0.150. The van der Waals surface area contributed by atoms with Gasteiger partial charge in [0.05, 0.1) is 12.0 Å². The number of fused-ring (bicyclic) bond motifs is 1. The number of benzene rings is 2. The quantitative estimate of drug-likeness (QED) is 0.519. The van der Waals surface area contributed by atoms with Crippen molar-refractivity contribution in [2.45, 2.75) is 46.1 Å². The topological polar surface area (TPSA) is 75.0 Å². The second-order valence-corrected chi connectivity index (χ2v) is 7.98. The summed E-state index contributed by atoms with van der Waals surface area (Å²) in [6, 6.07) is 12.4. The summed E-state index contributed by atoms with van der Waals surface area (Å²) >= 11 is 0. The fourth-order valence-corrected chi connectivity index (χ4v) is 2.90. The lowest BCUT2D eigenvalue weighted by Crippen LogP contribution is -2.26. The first-order chi connectivity index (χ1) is 14.2. The van der Waals surface area contributed by atoms with Gasteiger partial charge in [-0.2, -0.15) is 0 Å². The van der Waals surface area contributed by atoms with Crippen LogP contribution >= 0.6 is 0 Å². The van der Waals surface area contributed by atoms with Crippen molar-refractivity contribution in [1.82, 2.24) is 0 Å². The van der Waals surface area contributed by atoms with Crippen molar-refractivity contribution < 1.29 is 23.4 Å². The van der Waals surface area contributed by atoms with E-state index in [1.807, 2.05) is 24.3 Å². The maximum absolute atomic E-state index is 12.8. The smallest absolute Gasteiger partial charge is 0.347 e. The molecule has 0 unspecified atom stereocenters. The Labute approximate surface area is 175 Å². The van der Waals surface area contributed by atoms with Crippen LogP contribution in [0.25, 0.3) is 11.0 Å². The Morgan fingerprint density at radius 2 is 1.73 bits per heavy atom. The lowest BCUT2D eigenvalue weighted by atomic mass is 9.87. The minimum Gasteiger partial charge on any atom is -0.479 e. The van der Waals surface area contributed by atoms with E-state index < -0.39 is 12.1 Å². The Bertz CT molecular complexity index is 1090. The molecule has 0 aliphatic heterocycles. The van der Waals surface area contributed by atoms with Gasteiger partial charge in [0.2, 0.25) is 11.2 Å². The van der Waals surface area contributed by atoms with E-state index in [-0.39, 0.29) is 23.2 Å². The average Bonchev–Trinajstić information content (AvgIpc) is 2.70. The number of rotatable bonds is 6. The molecule has 158 valence electrons. The summed E-state index contributed by atoms with van der Waals surface area (Å²) in [7, 11) is 0. The van der Waals surface area contributed by atoms with E-state index in [2.05, 4.69) is 20.8 Å². The molecule has 0 saturated heterocycles. The van der Waals surface area contributed by atoms with E-state index in [4.69, 9.17) is 18.6 Å². The van der Waals surface area contributed by atoms with Crippen LogP contribution < -0.4 is 14.9 Å². The Morgan fingerprint density at radius 1 is 1.07 bits per heavy atom. The van der Waals surface area contributed by atoms with Gasteiger partial charge < -0.3 is 18.6 Å². The fourth-order valence-electron chi connectivity index (χ4n) is 2.90. The van der Waals surface area contributed by atoms with Gasteiger partial charge in [0.1, 0.15) is 23.3 Å². The second kappa shape index (κ2) is 8.61. The number of hydrogen-bond acceptors (Lipinski definition) is 6. The van der Waals surface area contributed by atoms with Gasteiger partial charge in [-0.25, -0.2) is 4.79 Å². The monoisotopic (exact) mass is 410 g/mol. The highest BCUT2D eigenvalue weighted by atomic mass is 16.6. The van der Waals surface area contributed by atoms with Crippen molar-refractivity contribution in [2.75, 3.05) is 6.61 Å². The van der Waals surface area contributed by atoms with E-state index in [0.717, 1.165) is 0 Å². The first-order valence-corrected chi connectivity index (χ1v) is 9.86. The van der Waals surface area contributed by atoms with Crippen LogP contribution in [0.1, 0.15) is 40.2 Å². The van der Waals surface area contributed by atoms with Crippen molar-refractivity contribution in [3.8, 4) is 17.2 Å². The molecule has 0 N–H and O–H groups in total. The molecule has 1 atom stereocenters. The summed E-state index contributed by atoms with van der Waals surface area (Å²) in [4.78, 5) is 24.5. The number of ether oxygens (including phenoxy) is 3. The molecular weight excluding hydrogens is 384 g/mol. The Morgan fingerprint density at radius 3 is 2.37 bits per heavy atom. The van der Waals surface area contributed by atoms with Gasteiger partial charge in [-0.3, -0.25) is 4.79 Å². The van der Waals surface area contributed by atoms with Gasteiger partial charge in [0.15, 0.2) is 6.10 Å². The molecule has 6 heteroatoms. The minimum absolute atomic E-state index is 0.0328. The first kappa shape index (κ1) is 21.4. The van der Waals surface area contributed by atoms with Crippen molar-refractivity contribution in [3.05, 3.63) is 64.5 Å². The second-order valence-electron chi connectivity index (χ2n) is 7.98. The van der Waals surface area contributed by atoms with Gasteiger partial charge in [-0.15, -0.1) is 0 Å². The average molecular weight is 410 g/mol. The maximum Gasteiger partial charge on any atom is 0.347 e. The first-order valence-electron chi connectivity index (χ1n) is 9.86. The molecule has 3 aromatic rings. The number of carbonyl (C=O) groups is 1. The van der Waals surface area contributed by atoms with E-state index >= 15 is 0 Å². The molecule has 0 bridgehead atoms. The molecule has 0 saturated carbocycles. The zero-order valence-corrected chi connectivity index (χ0v) is 17.9. The molecular formula is C24H26O6. The van der Waals surface area contributed by atoms with Crippen molar-refractivity contribution >= 4 is 16.9 Å². The van der Waals surface area contributed by atoms with Gasteiger partial charge >= 0.3 is 5.97 Å². The highest BCUT2D eigenvalue weighted by Crippen LogP contribution is 2.27. The molecule has 6 nitrogen and oxygen atoms in total. The minimum atomic E-state index is -0.771. The zero-order valence-electron chi connectivity index (χ0n) is 17.9. The summed E-state index contributed by atoms with van der Waals surface area (Å²) in [5.41, 5.74) is 1.25. The number of carbonyl (C=O) groups excluding carboxylic acids is 1. The summed E-state index contributed by atoms with van der Waals surface area (Å²) in [5.74, 6) is 0.593. The summed E-state index contributed by atoms with van der Waals surface area (Å²) in [6.07, 6.45) is 0.508. The molecule has 0 spiro atoms. The van der Waals surface area contributed by atoms with Crippen molar-refractivity contribution in [3.63, 3.8) is 0 Å². The van der Waals surface area contributed by atoms with Crippen LogP contribution in [0.2, 0.25) is 0 Å². The molecule has 30 heavy (non-hydrogen) atoms.